The van der Waals surface area contributed by atoms with E-state index >= 15 is 0 Å². The van der Waals surface area contributed by atoms with Gasteiger partial charge in [0.1, 0.15) is 13.2 Å². The van der Waals surface area contributed by atoms with E-state index in [1.807, 2.05) is 60.7 Å². The Morgan fingerprint density at radius 2 is 1.46 bits per heavy atom. The van der Waals surface area contributed by atoms with Crippen LogP contribution in [0.2, 0.25) is 0 Å². The summed E-state index contributed by atoms with van der Waals surface area (Å²) in [6.45, 7) is 2.33. The lowest BCUT2D eigenvalue weighted by Gasteiger charge is -2.13. The van der Waals surface area contributed by atoms with E-state index in [9.17, 15) is 9.18 Å². The molecule has 0 amide bonds. The minimum Gasteiger partial charge on any atom is -0.486 e. The molecule has 0 spiro atoms. The van der Waals surface area contributed by atoms with Crippen LogP contribution in [-0.2, 0) is 29.2 Å². The summed E-state index contributed by atoms with van der Waals surface area (Å²) in [5.41, 5.74) is 2.64. The van der Waals surface area contributed by atoms with Crippen molar-refractivity contribution in [1.29, 1.82) is 0 Å². The highest BCUT2D eigenvalue weighted by Crippen LogP contribution is 2.22. The summed E-state index contributed by atoms with van der Waals surface area (Å²) in [5, 5.41) is 0. The van der Waals surface area contributed by atoms with Crippen LogP contribution in [-0.4, -0.2) is 5.97 Å². The average molecular weight is 378 g/mol. The quantitative estimate of drug-likeness (QED) is 0.497. The van der Waals surface area contributed by atoms with Gasteiger partial charge in [0.25, 0.3) is 0 Å². The van der Waals surface area contributed by atoms with Gasteiger partial charge in [-0.2, -0.15) is 0 Å². The summed E-state index contributed by atoms with van der Waals surface area (Å²) in [4.78, 5) is 12.2. The van der Waals surface area contributed by atoms with Gasteiger partial charge in [-0.1, -0.05) is 73.7 Å². The zero-order chi connectivity index (χ0) is 19.8. The number of hydrogen-bond acceptors (Lipinski definition) is 3. The normalized spacial score (nSPS) is 11.6. The molecule has 0 radical (unpaired) electrons. The summed E-state index contributed by atoms with van der Waals surface area (Å²) in [6.07, 6.45) is 0.406. The fourth-order valence-electron chi connectivity index (χ4n) is 2.83. The predicted octanol–water partition coefficient (Wildman–Crippen LogP) is 5.33. The molecule has 144 valence electrons. The first-order chi connectivity index (χ1) is 13.6. The van der Waals surface area contributed by atoms with Crippen molar-refractivity contribution in [2.24, 2.45) is 5.92 Å². The van der Waals surface area contributed by atoms with Crippen LogP contribution in [0.4, 0.5) is 4.39 Å². The minimum absolute atomic E-state index is 0.201. The molecule has 28 heavy (non-hydrogen) atoms. The van der Waals surface area contributed by atoms with Crippen LogP contribution in [0.3, 0.4) is 0 Å². The molecule has 0 aliphatic carbocycles. The number of carbonyl (C=O) groups excluding carboxylic acids is 1. The molecule has 4 heteroatoms. The maximum Gasteiger partial charge on any atom is 0.309 e. The van der Waals surface area contributed by atoms with E-state index in [1.165, 1.54) is 6.07 Å². The van der Waals surface area contributed by atoms with Crippen molar-refractivity contribution >= 4 is 5.97 Å². The van der Waals surface area contributed by atoms with Crippen molar-refractivity contribution in [2.75, 3.05) is 0 Å². The van der Waals surface area contributed by atoms with E-state index < -0.39 is 5.82 Å². The Hall–Kier alpha value is -3.14. The van der Waals surface area contributed by atoms with Crippen LogP contribution < -0.4 is 4.74 Å². The van der Waals surface area contributed by atoms with Gasteiger partial charge in [-0.25, -0.2) is 4.39 Å². The van der Waals surface area contributed by atoms with Crippen molar-refractivity contribution in [3.63, 3.8) is 0 Å². The summed E-state index contributed by atoms with van der Waals surface area (Å²) in [6, 6.07) is 23.9. The number of carbonyl (C=O) groups is 1. The van der Waals surface area contributed by atoms with Crippen molar-refractivity contribution in [2.45, 2.75) is 26.6 Å². The van der Waals surface area contributed by atoms with Crippen LogP contribution in [0.5, 0.6) is 5.75 Å². The smallest absolute Gasteiger partial charge is 0.309 e. The average Bonchev–Trinajstić information content (AvgIpc) is 2.73. The Morgan fingerprint density at radius 3 is 2.07 bits per heavy atom. The van der Waals surface area contributed by atoms with Crippen LogP contribution in [0.15, 0.2) is 78.9 Å². The highest BCUT2D eigenvalue weighted by molar-refractivity contribution is 5.72. The van der Waals surface area contributed by atoms with Gasteiger partial charge in [-0.15, -0.1) is 0 Å². The lowest BCUT2D eigenvalue weighted by atomic mass is 10.0. The molecule has 0 saturated carbocycles. The minimum atomic E-state index is -0.432. The molecule has 3 rings (SSSR count). The monoisotopic (exact) mass is 378 g/mol. The van der Waals surface area contributed by atoms with Crippen LogP contribution in [0.1, 0.15) is 23.6 Å². The first kappa shape index (κ1) is 19.6. The number of esters is 1. The summed E-state index contributed by atoms with van der Waals surface area (Å²) >= 11 is 0. The van der Waals surface area contributed by atoms with Crippen LogP contribution in [0, 0.1) is 11.7 Å². The molecular weight excluding hydrogens is 355 g/mol. The Kier molecular flexibility index (Phi) is 6.79. The van der Waals surface area contributed by atoms with Gasteiger partial charge in [-0.3, -0.25) is 4.79 Å². The van der Waals surface area contributed by atoms with E-state index in [4.69, 9.17) is 9.47 Å². The molecule has 1 atom stereocenters. The first-order valence-electron chi connectivity index (χ1n) is 9.27. The number of hydrogen-bond donors (Lipinski definition) is 0. The third kappa shape index (κ3) is 5.68. The molecule has 0 saturated heterocycles. The Balaban J connectivity index is 1.52. The van der Waals surface area contributed by atoms with E-state index in [2.05, 4.69) is 0 Å². The van der Waals surface area contributed by atoms with Gasteiger partial charge in [0.05, 0.1) is 5.92 Å². The zero-order valence-corrected chi connectivity index (χ0v) is 15.8. The molecule has 3 aromatic carbocycles. The second-order valence-electron chi connectivity index (χ2n) is 6.74. The molecule has 0 bridgehead atoms. The molecule has 0 aliphatic heterocycles. The highest BCUT2D eigenvalue weighted by Gasteiger charge is 2.16. The van der Waals surface area contributed by atoms with E-state index in [-0.39, 0.29) is 24.2 Å². The van der Waals surface area contributed by atoms with Crippen molar-refractivity contribution < 1.29 is 18.7 Å². The third-order valence-electron chi connectivity index (χ3n) is 4.40. The second-order valence-corrected chi connectivity index (χ2v) is 6.74. The maximum absolute atomic E-state index is 14.3. The Bertz CT molecular complexity index is 894. The molecular formula is C24H23FO3. The van der Waals surface area contributed by atoms with Crippen molar-refractivity contribution in [3.05, 3.63) is 101 Å². The van der Waals surface area contributed by atoms with Gasteiger partial charge >= 0.3 is 5.97 Å². The van der Waals surface area contributed by atoms with Gasteiger partial charge in [-0.05, 0) is 35.2 Å². The lowest BCUT2D eigenvalue weighted by molar-refractivity contribution is -0.149. The molecule has 0 aliphatic rings. The van der Waals surface area contributed by atoms with Crippen molar-refractivity contribution in [3.8, 4) is 5.75 Å². The third-order valence-corrected chi connectivity index (χ3v) is 4.40. The van der Waals surface area contributed by atoms with E-state index in [0.29, 0.717) is 13.0 Å². The van der Waals surface area contributed by atoms with Gasteiger partial charge in [0, 0.05) is 0 Å². The Morgan fingerprint density at radius 1 is 0.857 bits per heavy atom. The second kappa shape index (κ2) is 9.70. The standard InChI is InChI=1S/C24H23FO3/c1-18(24(26)28-17-20-10-6-3-7-11-20)14-21-12-13-23(22(25)15-21)27-16-19-8-4-2-5-9-19/h2-13,15,18H,14,16-17H2,1H3/t18-/m0/s1. The molecule has 0 unspecified atom stereocenters. The van der Waals surface area contributed by atoms with Gasteiger partial charge in [0.15, 0.2) is 11.6 Å². The first-order valence-corrected chi connectivity index (χ1v) is 9.27. The van der Waals surface area contributed by atoms with Gasteiger partial charge in [0.2, 0.25) is 0 Å². The maximum atomic E-state index is 14.3. The van der Waals surface area contributed by atoms with Gasteiger partial charge < -0.3 is 9.47 Å². The zero-order valence-electron chi connectivity index (χ0n) is 15.8. The van der Waals surface area contributed by atoms with Crippen LogP contribution in [0.25, 0.3) is 0 Å². The lowest BCUT2D eigenvalue weighted by Crippen LogP contribution is -2.17. The Labute approximate surface area is 164 Å². The molecule has 0 N–H and O–H groups in total. The highest BCUT2D eigenvalue weighted by atomic mass is 19.1. The molecule has 0 aromatic heterocycles. The number of ether oxygens (including phenoxy) is 2. The van der Waals surface area contributed by atoms with Crippen LogP contribution >= 0.6 is 0 Å². The largest absolute Gasteiger partial charge is 0.486 e. The van der Waals surface area contributed by atoms with Crippen molar-refractivity contribution in [1.82, 2.24) is 0 Å². The fourth-order valence-corrected chi connectivity index (χ4v) is 2.83. The fraction of sp³-hybridized carbons (Fsp3) is 0.208. The molecule has 3 nitrogen and oxygen atoms in total. The van der Waals surface area contributed by atoms with E-state index in [0.717, 1.165) is 16.7 Å². The summed E-state index contributed by atoms with van der Waals surface area (Å²) < 4.78 is 25.2. The number of rotatable bonds is 8. The number of halogens is 1. The summed E-state index contributed by atoms with van der Waals surface area (Å²) in [5.74, 6) is -0.891. The topological polar surface area (TPSA) is 35.5 Å². The molecule has 3 aromatic rings. The summed E-state index contributed by atoms with van der Waals surface area (Å²) in [7, 11) is 0. The molecule has 0 fully saturated rings. The van der Waals surface area contributed by atoms with E-state index in [1.54, 1.807) is 19.1 Å². The predicted molar refractivity (Wildman–Crippen MR) is 106 cm³/mol. The SMILES string of the molecule is C[C@@H](Cc1ccc(OCc2ccccc2)c(F)c1)C(=O)OCc1ccccc1. The number of benzene rings is 3. The molecule has 0 heterocycles.